The number of anilines is 2. The van der Waals surface area contributed by atoms with Crippen molar-refractivity contribution in [2.45, 2.75) is 37.5 Å². The Morgan fingerprint density at radius 2 is 1.77 bits per heavy atom. The first-order valence-corrected chi connectivity index (χ1v) is 11.9. The Bertz CT molecular complexity index is 1350. The second-order valence-electron chi connectivity index (χ2n) is 9.40. The van der Waals surface area contributed by atoms with Gasteiger partial charge in [-0.3, -0.25) is 19.3 Å². The summed E-state index contributed by atoms with van der Waals surface area (Å²) in [5.41, 5.74) is -1.05. The van der Waals surface area contributed by atoms with E-state index in [0.717, 1.165) is 17.4 Å². The molecule has 0 saturated carbocycles. The molecule has 3 fully saturated rings. The predicted molar refractivity (Wildman–Crippen MR) is 122 cm³/mol. The van der Waals surface area contributed by atoms with Crippen molar-refractivity contribution in [3.63, 3.8) is 0 Å². The van der Waals surface area contributed by atoms with Crippen molar-refractivity contribution in [3.05, 3.63) is 57.1 Å². The molecule has 0 aliphatic carbocycles. The Morgan fingerprint density at radius 1 is 1.06 bits per heavy atom. The van der Waals surface area contributed by atoms with Crippen molar-refractivity contribution in [2.24, 2.45) is 11.8 Å². The Hall–Kier alpha value is -2.62. The Labute approximate surface area is 208 Å². The fraction of sp³-hybridized carbons (Fsp3) is 0.375. The quantitative estimate of drug-likeness (QED) is 0.547. The van der Waals surface area contributed by atoms with Crippen molar-refractivity contribution in [3.8, 4) is 0 Å². The molecule has 1 spiro atoms. The molecule has 4 atom stereocenters. The molecule has 3 amide bonds. The monoisotopic (exact) mass is 523 g/mol. The van der Waals surface area contributed by atoms with E-state index in [0.29, 0.717) is 40.9 Å². The van der Waals surface area contributed by atoms with Crippen LogP contribution in [0.2, 0.25) is 10.0 Å². The largest absolute Gasteiger partial charge is 0.417 e. The maximum absolute atomic E-state index is 13.9. The van der Waals surface area contributed by atoms with Crippen LogP contribution in [0.25, 0.3) is 0 Å². The maximum Gasteiger partial charge on any atom is 0.417 e. The minimum atomic E-state index is -4.76. The number of nitrogens with zero attached hydrogens (tertiary/aromatic N) is 2. The molecule has 4 heterocycles. The summed E-state index contributed by atoms with van der Waals surface area (Å²) in [5.74, 6) is -3.65. The summed E-state index contributed by atoms with van der Waals surface area (Å²) in [6, 6.07) is 5.93. The van der Waals surface area contributed by atoms with Gasteiger partial charge in [0.15, 0.2) is 0 Å². The number of carbonyl (C=O) groups is 3. The van der Waals surface area contributed by atoms with Crippen LogP contribution in [0, 0.1) is 18.8 Å². The number of imide groups is 1. The smallest absolute Gasteiger partial charge is 0.324 e. The van der Waals surface area contributed by atoms with Crippen molar-refractivity contribution in [1.82, 2.24) is 4.90 Å². The Kier molecular flexibility index (Phi) is 4.70. The third-order valence-corrected chi connectivity index (χ3v) is 8.61. The first kappa shape index (κ1) is 22.8. The summed E-state index contributed by atoms with van der Waals surface area (Å²) in [4.78, 5) is 44.0. The van der Waals surface area contributed by atoms with Crippen LogP contribution in [0.3, 0.4) is 0 Å². The predicted octanol–water partition coefficient (Wildman–Crippen LogP) is 4.75. The van der Waals surface area contributed by atoms with Crippen LogP contribution in [0.5, 0.6) is 0 Å². The summed E-state index contributed by atoms with van der Waals surface area (Å²) in [6.07, 6.45) is -3.44. The highest BCUT2D eigenvalue weighted by Gasteiger charge is 2.74. The topological polar surface area (TPSA) is 69.7 Å². The molecule has 2 aromatic rings. The molecule has 2 aromatic carbocycles. The average molecular weight is 524 g/mol. The van der Waals surface area contributed by atoms with Gasteiger partial charge in [0, 0.05) is 16.6 Å². The highest BCUT2D eigenvalue weighted by Crippen LogP contribution is 2.61. The lowest BCUT2D eigenvalue weighted by atomic mass is 9.75. The van der Waals surface area contributed by atoms with Crippen LogP contribution >= 0.6 is 23.2 Å². The number of nitrogens with one attached hydrogen (secondary N) is 1. The van der Waals surface area contributed by atoms with Gasteiger partial charge >= 0.3 is 6.18 Å². The van der Waals surface area contributed by atoms with Gasteiger partial charge in [0.05, 0.1) is 33.8 Å². The highest BCUT2D eigenvalue weighted by molar-refractivity contribution is 6.33. The molecule has 35 heavy (non-hydrogen) atoms. The van der Waals surface area contributed by atoms with E-state index >= 15 is 0 Å². The third kappa shape index (κ3) is 2.74. The molecule has 182 valence electrons. The first-order valence-electron chi connectivity index (χ1n) is 11.1. The third-order valence-electron chi connectivity index (χ3n) is 7.88. The second kappa shape index (κ2) is 7.21. The normalized spacial score (nSPS) is 29.7. The molecule has 4 aliphatic heterocycles. The standard InChI is InChI=1S/C24H18Cl2F3N3O3/c1-10-14(25)7-5-12-19(10)30-22(35)23(12)18-17(16-3-2-8-31(16)23)20(33)32(21(18)34)11-4-6-15(26)13(9-11)24(27,28)29/h4-7,9,16-18H,2-3,8H2,1H3,(H,30,35)/t16-,17+,18-,23+/m0/s1. The Morgan fingerprint density at radius 3 is 2.49 bits per heavy atom. The fourth-order valence-corrected chi connectivity index (χ4v) is 6.90. The first-order chi connectivity index (χ1) is 16.5. The summed E-state index contributed by atoms with van der Waals surface area (Å²) in [5, 5.41) is 2.79. The number of rotatable bonds is 1. The van der Waals surface area contributed by atoms with Crippen LogP contribution in [0.1, 0.15) is 29.5 Å². The van der Waals surface area contributed by atoms with Gasteiger partial charge in [-0.2, -0.15) is 13.2 Å². The zero-order chi connectivity index (χ0) is 25.0. The number of halogens is 5. The summed E-state index contributed by atoms with van der Waals surface area (Å²) in [6.45, 7) is 2.28. The van der Waals surface area contributed by atoms with Gasteiger partial charge in [0.25, 0.3) is 0 Å². The fourth-order valence-electron chi connectivity index (χ4n) is 6.51. The summed E-state index contributed by atoms with van der Waals surface area (Å²) >= 11 is 12.0. The van der Waals surface area contributed by atoms with E-state index in [2.05, 4.69) is 5.32 Å². The van der Waals surface area contributed by atoms with Crippen molar-refractivity contribution < 1.29 is 27.6 Å². The molecule has 0 bridgehead atoms. The Balaban J connectivity index is 1.53. The van der Waals surface area contributed by atoms with Gasteiger partial charge < -0.3 is 5.32 Å². The SMILES string of the molecule is Cc1c(Cl)ccc2c1NC(=O)[C@]21[C@@H]2C(=O)N(c3ccc(Cl)c(C(F)(F)F)c3)C(=O)[C@@H]2[C@@H]2CCCN21. The average Bonchev–Trinajstić information content (AvgIpc) is 3.49. The molecule has 11 heteroatoms. The van der Waals surface area contributed by atoms with Gasteiger partial charge in [-0.25, -0.2) is 4.90 Å². The van der Waals surface area contributed by atoms with Gasteiger partial charge in [0.2, 0.25) is 17.7 Å². The molecule has 1 N–H and O–H groups in total. The minimum Gasteiger partial charge on any atom is -0.324 e. The molecule has 6 rings (SSSR count). The number of amides is 3. The number of hydrogen-bond donors (Lipinski definition) is 1. The van der Waals surface area contributed by atoms with Crippen LogP contribution in [0.15, 0.2) is 30.3 Å². The van der Waals surface area contributed by atoms with Crippen LogP contribution in [-0.2, 0) is 26.1 Å². The number of alkyl halides is 3. The van der Waals surface area contributed by atoms with E-state index in [1.54, 1.807) is 19.1 Å². The molecule has 0 radical (unpaired) electrons. The minimum absolute atomic E-state index is 0.211. The number of benzene rings is 2. The van der Waals surface area contributed by atoms with Crippen molar-refractivity contribution in [1.29, 1.82) is 0 Å². The lowest BCUT2D eigenvalue weighted by Gasteiger charge is -2.36. The van der Waals surface area contributed by atoms with E-state index < -0.39 is 51.9 Å². The van der Waals surface area contributed by atoms with E-state index in [9.17, 15) is 27.6 Å². The van der Waals surface area contributed by atoms with Crippen molar-refractivity contribution in [2.75, 3.05) is 16.8 Å². The van der Waals surface area contributed by atoms with Gasteiger partial charge in [-0.15, -0.1) is 0 Å². The summed E-state index contributed by atoms with van der Waals surface area (Å²) < 4.78 is 40.5. The number of fused-ring (bicyclic) bond motifs is 7. The molecule has 4 aliphatic rings. The molecule has 0 unspecified atom stereocenters. The number of carbonyl (C=O) groups excluding carboxylic acids is 3. The maximum atomic E-state index is 13.9. The van der Waals surface area contributed by atoms with E-state index in [4.69, 9.17) is 23.2 Å². The summed E-state index contributed by atoms with van der Waals surface area (Å²) in [7, 11) is 0. The van der Waals surface area contributed by atoms with E-state index in [-0.39, 0.29) is 11.7 Å². The van der Waals surface area contributed by atoms with Crippen LogP contribution in [0.4, 0.5) is 24.5 Å². The molecular weight excluding hydrogens is 506 g/mol. The van der Waals surface area contributed by atoms with Gasteiger partial charge in [0.1, 0.15) is 5.54 Å². The lowest BCUT2D eigenvalue weighted by molar-refractivity contribution is -0.137. The molecule has 6 nitrogen and oxygen atoms in total. The van der Waals surface area contributed by atoms with E-state index in [1.807, 2.05) is 4.90 Å². The van der Waals surface area contributed by atoms with Gasteiger partial charge in [-0.05, 0) is 56.1 Å². The van der Waals surface area contributed by atoms with Crippen LogP contribution < -0.4 is 10.2 Å². The van der Waals surface area contributed by atoms with Crippen LogP contribution in [-0.4, -0.2) is 35.2 Å². The van der Waals surface area contributed by atoms with Gasteiger partial charge in [-0.1, -0.05) is 29.3 Å². The molecule has 0 aromatic heterocycles. The number of hydrogen-bond acceptors (Lipinski definition) is 4. The molecule has 3 saturated heterocycles. The van der Waals surface area contributed by atoms with Crippen molar-refractivity contribution >= 4 is 52.3 Å². The highest BCUT2D eigenvalue weighted by atomic mass is 35.5. The second-order valence-corrected chi connectivity index (χ2v) is 10.2. The van der Waals surface area contributed by atoms with E-state index in [1.165, 1.54) is 6.07 Å². The lowest BCUT2D eigenvalue weighted by Crippen LogP contribution is -2.54. The zero-order valence-corrected chi connectivity index (χ0v) is 19.8. The zero-order valence-electron chi connectivity index (χ0n) is 18.2. The molecular formula is C24H18Cl2F3N3O3.